The molecular formula is C8H8N2O3. The van der Waals surface area contributed by atoms with Crippen LogP contribution in [-0.4, -0.2) is 18.1 Å². The minimum Gasteiger partial charge on any atom is -0.409 e. The van der Waals surface area contributed by atoms with Gasteiger partial charge >= 0.3 is 6.09 Å². The summed E-state index contributed by atoms with van der Waals surface area (Å²) < 4.78 is 4.76. The molecular weight excluding hydrogens is 172 g/mol. The number of nitroso groups, excluding NO2 is 1. The van der Waals surface area contributed by atoms with Crippen LogP contribution in [0.25, 0.3) is 0 Å². The quantitative estimate of drug-likeness (QED) is 0.515. The minimum absolute atomic E-state index is 0.378. The van der Waals surface area contributed by atoms with Gasteiger partial charge in [0.2, 0.25) is 0 Å². The second-order valence-corrected chi connectivity index (χ2v) is 2.29. The average molecular weight is 180 g/mol. The van der Waals surface area contributed by atoms with Gasteiger partial charge in [0.1, 0.15) is 5.75 Å². The van der Waals surface area contributed by atoms with E-state index >= 15 is 0 Å². The molecule has 0 fully saturated rings. The Labute approximate surface area is 74.9 Å². The summed E-state index contributed by atoms with van der Waals surface area (Å²) in [7, 11) is 1.22. The van der Waals surface area contributed by atoms with Gasteiger partial charge < -0.3 is 4.74 Å². The van der Waals surface area contributed by atoms with E-state index in [-0.39, 0.29) is 0 Å². The number of hydrogen-bond acceptors (Lipinski definition) is 4. The van der Waals surface area contributed by atoms with Crippen molar-refractivity contribution in [3.05, 3.63) is 35.2 Å². The molecule has 0 aliphatic heterocycles. The topological polar surface area (TPSA) is 59.0 Å². The van der Waals surface area contributed by atoms with Gasteiger partial charge in [-0.2, -0.15) is 5.01 Å². The Bertz CT molecular complexity index is 300. The predicted octanol–water partition coefficient (Wildman–Crippen LogP) is 1.80. The Morgan fingerprint density at radius 2 is 2.00 bits per heavy atom. The van der Waals surface area contributed by atoms with Crippen LogP contribution >= 0.6 is 0 Å². The molecule has 0 heterocycles. The third-order valence-electron chi connectivity index (χ3n) is 1.34. The smallest absolute Gasteiger partial charge is 0.409 e. The molecule has 13 heavy (non-hydrogen) atoms. The monoisotopic (exact) mass is 180 g/mol. The molecule has 5 nitrogen and oxygen atoms in total. The van der Waals surface area contributed by atoms with E-state index in [2.05, 4.69) is 5.29 Å². The molecule has 1 aromatic rings. The number of amides is 1. The van der Waals surface area contributed by atoms with Crippen LogP contribution in [-0.2, 0) is 0 Å². The molecule has 0 spiro atoms. The Morgan fingerprint density at radius 3 is 2.54 bits per heavy atom. The molecule has 0 N–H and O–H groups in total. The van der Waals surface area contributed by atoms with Gasteiger partial charge in [-0.15, -0.1) is 4.91 Å². The third kappa shape index (κ3) is 2.55. The first-order chi connectivity index (χ1) is 6.24. The number of carbonyl (C=O) groups is 1. The molecule has 0 atom stereocenters. The first kappa shape index (κ1) is 9.18. The van der Waals surface area contributed by atoms with Crippen molar-refractivity contribution in [3.63, 3.8) is 0 Å². The zero-order valence-electron chi connectivity index (χ0n) is 7.01. The van der Waals surface area contributed by atoms with E-state index < -0.39 is 6.09 Å². The first-order valence-corrected chi connectivity index (χ1v) is 3.58. The van der Waals surface area contributed by atoms with Gasteiger partial charge in [-0.25, -0.2) is 4.79 Å². The summed E-state index contributed by atoms with van der Waals surface area (Å²) in [5.41, 5.74) is 0. The lowest BCUT2D eigenvalue weighted by Crippen LogP contribution is -2.23. The van der Waals surface area contributed by atoms with Crippen molar-refractivity contribution in [3.8, 4) is 5.75 Å². The summed E-state index contributed by atoms with van der Waals surface area (Å²) in [6.07, 6.45) is -0.804. The summed E-state index contributed by atoms with van der Waals surface area (Å²) in [5.74, 6) is 0.378. The summed E-state index contributed by atoms with van der Waals surface area (Å²) >= 11 is 0. The molecule has 1 aromatic carbocycles. The maximum Gasteiger partial charge on any atom is 0.438 e. The second kappa shape index (κ2) is 4.20. The van der Waals surface area contributed by atoms with Crippen LogP contribution in [0.1, 0.15) is 0 Å². The number of benzene rings is 1. The van der Waals surface area contributed by atoms with E-state index in [1.54, 1.807) is 30.3 Å². The Kier molecular flexibility index (Phi) is 2.97. The van der Waals surface area contributed by atoms with Crippen molar-refractivity contribution in [2.75, 3.05) is 7.05 Å². The lowest BCUT2D eigenvalue weighted by atomic mass is 10.3. The highest BCUT2D eigenvalue weighted by Crippen LogP contribution is 2.09. The highest BCUT2D eigenvalue weighted by molar-refractivity contribution is 5.69. The first-order valence-electron chi connectivity index (χ1n) is 3.58. The molecule has 0 saturated heterocycles. The van der Waals surface area contributed by atoms with Crippen molar-refractivity contribution in [1.82, 2.24) is 5.01 Å². The highest BCUT2D eigenvalue weighted by Gasteiger charge is 2.10. The van der Waals surface area contributed by atoms with Crippen molar-refractivity contribution in [2.45, 2.75) is 0 Å². The van der Waals surface area contributed by atoms with E-state index in [1.807, 2.05) is 0 Å². The van der Waals surface area contributed by atoms with Crippen molar-refractivity contribution in [2.24, 2.45) is 5.29 Å². The maximum absolute atomic E-state index is 11.0. The van der Waals surface area contributed by atoms with Crippen molar-refractivity contribution in [1.29, 1.82) is 0 Å². The molecule has 0 bridgehead atoms. The molecule has 1 amide bonds. The molecule has 0 saturated carbocycles. The summed E-state index contributed by atoms with van der Waals surface area (Å²) in [4.78, 5) is 20.9. The lowest BCUT2D eigenvalue weighted by Gasteiger charge is -2.06. The number of nitrogens with zero attached hydrogens (tertiary/aromatic N) is 2. The van der Waals surface area contributed by atoms with Gasteiger partial charge in [-0.1, -0.05) is 18.2 Å². The molecule has 0 aliphatic rings. The number of hydrogen-bond donors (Lipinski definition) is 0. The van der Waals surface area contributed by atoms with E-state index in [9.17, 15) is 9.70 Å². The normalized spacial score (nSPS) is 9.00. The van der Waals surface area contributed by atoms with E-state index in [0.29, 0.717) is 10.8 Å². The SMILES string of the molecule is CN(N=O)C(=O)Oc1ccccc1. The molecule has 5 heteroatoms. The van der Waals surface area contributed by atoms with Gasteiger partial charge in [0.25, 0.3) is 0 Å². The maximum atomic E-state index is 11.0. The molecule has 0 aliphatic carbocycles. The zero-order chi connectivity index (χ0) is 9.68. The van der Waals surface area contributed by atoms with Crippen LogP contribution < -0.4 is 4.74 Å². The number of carbonyl (C=O) groups excluding carboxylic acids is 1. The van der Waals surface area contributed by atoms with Crippen LogP contribution in [0.5, 0.6) is 5.75 Å². The van der Waals surface area contributed by atoms with E-state index in [0.717, 1.165) is 0 Å². The van der Waals surface area contributed by atoms with Crippen LogP contribution in [0.4, 0.5) is 4.79 Å². The van der Waals surface area contributed by atoms with Crippen molar-refractivity contribution < 1.29 is 9.53 Å². The van der Waals surface area contributed by atoms with Gasteiger partial charge in [0, 0.05) is 7.05 Å². The number of ether oxygens (including phenoxy) is 1. The lowest BCUT2D eigenvalue weighted by molar-refractivity contribution is 0.164. The Hall–Kier alpha value is -1.91. The zero-order valence-corrected chi connectivity index (χ0v) is 7.01. The van der Waals surface area contributed by atoms with Gasteiger partial charge in [-0.05, 0) is 12.1 Å². The fraction of sp³-hybridized carbons (Fsp3) is 0.125. The van der Waals surface area contributed by atoms with Crippen molar-refractivity contribution >= 4 is 6.09 Å². The molecule has 0 unspecified atom stereocenters. The van der Waals surface area contributed by atoms with Crippen LogP contribution in [0.2, 0.25) is 0 Å². The second-order valence-electron chi connectivity index (χ2n) is 2.29. The largest absolute Gasteiger partial charge is 0.438 e. The van der Waals surface area contributed by atoms with E-state index in [1.165, 1.54) is 7.05 Å². The fourth-order valence-electron chi connectivity index (χ4n) is 0.689. The Morgan fingerprint density at radius 1 is 1.38 bits per heavy atom. The predicted molar refractivity (Wildman–Crippen MR) is 46.0 cm³/mol. The highest BCUT2D eigenvalue weighted by atomic mass is 16.6. The number of para-hydroxylation sites is 1. The van der Waals surface area contributed by atoms with Gasteiger partial charge in [-0.3, -0.25) is 0 Å². The summed E-state index contributed by atoms with van der Waals surface area (Å²) in [6, 6.07) is 8.44. The fourth-order valence-corrected chi connectivity index (χ4v) is 0.689. The van der Waals surface area contributed by atoms with E-state index in [4.69, 9.17) is 4.74 Å². The molecule has 0 radical (unpaired) electrons. The average Bonchev–Trinajstić information content (AvgIpc) is 2.18. The minimum atomic E-state index is -0.804. The van der Waals surface area contributed by atoms with Crippen LogP contribution in [0, 0.1) is 4.91 Å². The Balaban J connectivity index is 2.60. The van der Waals surface area contributed by atoms with Gasteiger partial charge in [0.15, 0.2) is 0 Å². The summed E-state index contributed by atoms with van der Waals surface area (Å²) in [5, 5.41) is 2.97. The molecule has 1 rings (SSSR count). The molecule has 0 aromatic heterocycles. The van der Waals surface area contributed by atoms with Crippen LogP contribution in [0.15, 0.2) is 35.6 Å². The standard InChI is InChI=1S/C8H8N2O3/c1-10(9-12)8(11)13-7-5-3-2-4-6-7/h2-6H,1H3. The summed E-state index contributed by atoms with van der Waals surface area (Å²) in [6.45, 7) is 0. The molecule has 68 valence electrons. The third-order valence-corrected chi connectivity index (χ3v) is 1.34. The van der Waals surface area contributed by atoms with Crippen LogP contribution in [0.3, 0.4) is 0 Å². The number of rotatable bonds is 2. The van der Waals surface area contributed by atoms with Gasteiger partial charge in [0.05, 0.1) is 5.29 Å².